The van der Waals surface area contributed by atoms with Crippen molar-refractivity contribution >= 4 is 5.91 Å². The van der Waals surface area contributed by atoms with Gasteiger partial charge in [0.1, 0.15) is 11.9 Å². The van der Waals surface area contributed by atoms with Gasteiger partial charge in [0.25, 0.3) is 11.8 Å². The zero-order chi connectivity index (χ0) is 14.7. The number of carbonyl (C=O) groups excluding carboxylic acids is 1. The van der Waals surface area contributed by atoms with Crippen LogP contribution in [0, 0.1) is 0 Å². The van der Waals surface area contributed by atoms with E-state index in [2.05, 4.69) is 20.4 Å². The van der Waals surface area contributed by atoms with Crippen molar-refractivity contribution in [1.82, 2.24) is 20.4 Å². The molecule has 8 heteroatoms. The van der Waals surface area contributed by atoms with Gasteiger partial charge in [-0.1, -0.05) is 12.1 Å². The first-order chi connectivity index (χ1) is 10.3. The molecule has 0 bridgehead atoms. The third kappa shape index (κ3) is 2.94. The van der Waals surface area contributed by atoms with E-state index in [-0.39, 0.29) is 18.6 Å². The summed E-state index contributed by atoms with van der Waals surface area (Å²) in [4.78, 5) is 20.1. The Morgan fingerprint density at radius 1 is 1.52 bits per heavy atom. The van der Waals surface area contributed by atoms with Crippen LogP contribution in [0.5, 0.6) is 0 Å². The van der Waals surface area contributed by atoms with E-state index >= 15 is 0 Å². The summed E-state index contributed by atoms with van der Waals surface area (Å²) >= 11 is 0. The second-order valence-corrected chi connectivity index (χ2v) is 4.71. The Morgan fingerprint density at radius 3 is 3.19 bits per heavy atom. The van der Waals surface area contributed by atoms with Crippen LogP contribution in [0.25, 0.3) is 0 Å². The van der Waals surface area contributed by atoms with Gasteiger partial charge < -0.3 is 19.0 Å². The predicted octanol–water partition coefficient (Wildman–Crippen LogP) is 1.40. The molecule has 1 aliphatic heterocycles. The van der Waals surface area contributed by atoms with Gasteiger partial charge in [0, 0.05) is 13.0 Å². The van der Waals surface area contributed by atoms with Crippen LogP contribution in [0.3, 0.4) is 0 Å². The highest BCUT2D eigenvalue weighted by atomic mass is 16.5. The van der Waals surface area contributed by atoms with Crippen molar-refractivity contribution in [2.24, 2.45) is 0 Å². The standard InChI is InChI=1S/C13H16N4O4/c1-2-8-11(15-7-20-8)12(18)14-6-10-16-13(21-17-10)9-4-3-5-19-9/h7,9H,2-6H2,1H3,(H,14,18)/t9-/m1/s1. The van der Waals surface area contributed by atoms with Crippen LogP contribution in [0.15, 0.2) is 15.3 Å². The van der Waals surface area contributed by atoms with E-state index in [4.69, 9.17) is 13.7 Å². The van der Waals surface area contributed by atoms with Gasteiger partial charge in [-0.15, -0.1) is 0 Å². The van der Waals surface area contributed by atoms with Gasteiger partial charge in [0.2, 0.25) is 0 Å². The predicted molar refractivity (Wildman–Crippen MR) is 69.3 cm³/mol. The van der Waals surface area contributed by atoms with E-state index in [1.54, 1.807) is 0 Å². The molecular weight excluding hydrogens is 276 g/mol. The second-order valence-electron chi connectivity index (χ2n) is 4.71. The van der Waals surface area contributed by atoms with E-state index < -0.39 is 0 Å². The summed E-state index contributed by atoms with van der Waals surface area (Å²) in [5, 5.41) is 6.52. The lowest BCUT2D eigenvalue weighted by Crippen LogP contribution is -2.24. The molecule has 112 valence electrons. The number of aromatic nitrogens is 3. The van der Waals surface area contributed by atoms with Crippen LogP contribution in [-0.2, 0) is 17.7 Å². The Morgan fingerprint density at radius 2 is 2.43 bits per heavy atom. The molecule has 0 unspecified atom stereocenters. The Labute approximate surface area is 120 Å². The molecule has 1 fully saturated rings. The van der Waals surface area contributed by atoms with Gasteiger partial charge in [-0.25, -0.2) is 4.98 Å². The quantitative estimate of drug-likeness (QED) is 0.888. The zero-order valence-electron chi connectivity index (χ0n) is 11.7. The number of nitrogens with one attached hydrogen (secondary N) is 1. The van der Waals surface area contributed by atoms with Crippen LogP contribution >= 0.6 is 0 Å². The second kappa shape index (κ2) is 6.04. The number of nitrogens with zero attached hydrogens (tertiary/aromatic N) is 3. The van der Waals surface area contributed by atoms with E-state index in [1.807, 2.05) is 6.92 Å². The number of hydrogen-bond acceptors (Lipinski definition) is 7. The number of ether oxygens (including phenoxy) is 1. The summed E-state index contributed by atoms with van der Waals surface area (Å²) in [7, 11) is 0. The normalized spacial score (nSPS) is 18.0. The minimum absolute atomic E-state index is 0.121. The molecule has 0 spiro atoms. The Balaban J connectivity index is 1.58. The number of carbonyl (C=O) groups is 1. The molecule has 8 nitrogen and oxygen atoms in total. The third-order valence-corrected chi connectivity index (χ3v) is 3.27. The van der Waals surface area contributed by atoms with Gasteiger partial charge >= 0.3 is 0 Å². The number of rotatable bonds is 5. The highest BCUT2D eigenvalue weighted by Gasteiger charge is 2.24. The SMILES string of the molecule is CCc1ocnc1C(=O)NCc1noc([C@H]2CCCO2)n1. The largest absolute Gasteiger partial charge is 0.448 e. The van der Waals surface area contributed by atoms with Crippen LogP contribution in [0.4, 0.5) is 0 Å². The molecule has 1 saturated heterocycles. The Hall–Kier alpha value is -2.22. The molecular formula is C13H16N4O4. The van der Waals surface area contributed by atoms with Crippen molar-refractivity contribution < 1.29 is 18.5 Å². The first-order valence-corrected chi connectivity index (χ1v) is 6.92. The summed E-state index contributed by atoms with van der Waals surface area (Å²) in [6.07, 6.45) is 3.62. The number of amides is 1. The summed E-state index contributed by atoms with van der Waals surface area (Å²) in [6.45, 7) is 2.78. The number of oxazole rings is 1. The summed E-state index contributed by atoms with van der Waals surface area (Å²) in [5.74, 6) is 1.12. The van der Waals surface area contributed by atoms with Gasteiger partial charge in [0.15, 0.2) is 17.9 Å². The molecule has 0 saturated carbocycles. The van der Waals surface area contributed by atoms with E-state index in [0.717, 1.165) is 12.8 Å². The molecule has 2 aromatic rings. The number of aryl methyl sites for hydroxylation is 1. The molecule has 1 N–H and O–H groups in total. The first-order valence-electron chi connectivity index (χ1n) is 6.92. The lowest BCUT2D eigenvalue weighted by atomic mass is 10.2. The average Bonchev–Trinajstić information content (AvgIpc) is 3.24. The minimum Gasteiger partial charge on any atom is -0.448 e. The van der Waals surface area contributed by atoms with Crippen molar-refractivity contribution in [2.75, 3.05) is 6.61 Å². The van der Waals surface area contributed by atoms with Crippen molar-refractivity contribution in [3.8, 4) is 0 Å². The fraction of sp³-hybridized carbons (Fsp3) is 0.538. The fourth-order valence-corrected chi connectivity index (χ4v) is 2.19. The minimum atomic E-state index is -0.316. The maximum absolute atomic E-state index is 12.0. The third-order valence-electron chi connectivity index (χ3n) is 3.27. The molecule has 3 heterocycles. The summed E-state index contributed by atoms with van der Waals surface area (Å²) < 4.78 is 15.7. The fourth-order valence-electron chi connectivity index (χ4n) is 2.19. The van der Waals surface area contributed by atoms with Crippen LogP contribution < -0.4 is 5.32 Å². The molecule has 0 aromatic carbocycles. The highest BCUT2D eigenvalue weighted by Crippen LogP contribution is 2.26. The molecule has 1 atom stereocenters. The van der Waals surface area contributed by atoms with Gasteiger partial charge in [0.05, 0.1) is 6.54 Å². The lowest BCUT2D eigenvalue weighted by Gasteiger charge is -2.01. The summed E-state index contributed by atoms with van der Waals surface area (Å²) in [6, 6.07) is 0. The van der Waals surface area contributed by atoms with Crippen LogP contribution in [0.2, 0.25) is 0 Å². The van der Waals surface area contributed by atoms with Gasteiger partial charge in [-0.2, -0.15) is 4.98 Å². The Kier molecular flexibility index (Phi) is 3.96. The van der Waals surface area contributed by atoms with Crippen molar-refractivity contribution in [1.29, 1.82) is 0 Å². The first kappa shape index (κ1) is 13.7. The smallest absolute Gasteiger partial charge is 0.273 e. The molecule has 0 aliphatic carbocycles. The molecule has 3 rings (SSSR count). The average molecular weight is 292 g/mol. The van der Waals surface area contributed by atoms with Gasteiger partial charge in [-0.3, -0.25) is 4.79 Å². The molecule has 1 amide bonds. The molecule has 21 heavy (non-hydrogen) atoms. The maximum atomic E-state index is 12.0. The van der Waals surface area contributed by atoms with Crippen LogP contribution in [-0.4, -0.2) is 27.6 Å². The lowest BCUT2D eigenvalue weighted by molar-refractivity contribution is 0.0835. The maximum Gasteiger partial charge on any atom is 0.273 e. The molecule has 2 aromatic heterocycles. The zero-order valence-corrected chi connectivity index (χ0v) is 11.7. The van der Waals surface area contributed by atoms with Crippen molar-refractivity contribution in [3.05, 3.63) is 29.6 Å². The highest BCUT2D eigenvalue weighted by molar-refractivity contribution is 5.93. The number of hydrogen-bond donors (Lipinski definition) is 1. The topological polar surface area (TPSA) is 103 Å². The molecule has 0 radical (unpaired) electrons. The molecule has 1 aliphatic rings. The van der Waals surface area contributed by atoms with Crippen molar-refractivity contribution in [3.63, 3.8) is 0 Å². The van der Waals surface area contributed by atoms with E-state index in [0.29, 0.717) is 36.2 Å². The van der Waals surface area contributed by atoms with E-state index in [9.17, 15) is 4.79 Å². The van der Waals surface area contributed by atoms with Crippen LogP contribution in [0.1, 0.15) is 53.8 Å². The van der Waals surface area contributed by atoms with E-state index in [1.165, 1.54) is 6.39 Å². The Bertz CT molecular complexity index is 615. The monoisotopic (exact) mass is 292 g/mol. The summed E-state index contributed by atoms with van der Waals surface area (Å²) in [5.41, 5.74) is 0.292. The van der Waals surface area contributed by atoms with Gasteiger partial charge in [-0.05, 0) is 12.8 Å². The van der Waals surface area contributed by atoms with Crippen molar-refractivity contribution in [2.45, 2.75) is 38.8 Å².